The fourth-order valence-corrected chi connectivity index (χ4v) is 5.17. The van der Waals surface area contributed by atoms with Gasteiger partial charge in [0.1, 0.15) is 6.10 Å². The van der Waals surface area contributed by atoms with E-state index in [1.54, 1.807) is 0 Å². The van der Waals surface area contributed by atoms with E-state index >= 15 is 0 Å². The maximum Gasteiger partial charge on any atom is 0.309 e. The van der Waals surface area contributed by atoms with Crippen molar-refractivity contribution in [2.24, 2.45) is 17.8 Å². The molecule has 2 aromatic carbocycles. The zero-order chi connectivity index (χ0) is 19.5. The number of ether oxygens (including phenoxy) is 1. The van der Waals surface area contributed by atoms with E-state index in [0.29, 0.717) is 11.8 Å². The highest BCUT2D eigenvalue weighted by Gasteiger charge is 2.47. The Labute approximate surface area is 168 Å². The van der Waals surface area contributed by atoms with E-state index in [1.165, 1.54) is 28.7 Å². The molecular formula is C26H30O2. The van der Waals surface area contributed by atoms with Crippen molar-refractivity contribution in [3.63, 3.8) is 0 Å². The van der Waals surface area contributed by atoms with Crippen LogP contribution in [0.1, 0.15) is 57.1 Å². The van der Waals surface area contributed by atoms with Crippen molar-refractivity contribution in [2.45, 2.75) is 52.1 Å². The molecule has 2 nitrogen and oxygen atoms in total. The molecule has 146 valence electrons. The second-order valence-corrected chi connectivity index (χ2v) is 8.17. The van der Waals surface area contributed by atoms with Crippen LogP contribution in [0.15, 0.2) is 66.2 Å². The van der Waals surface area contributed by atoms with Gasteiger partial charge in [0, 0.05) is 5.92 Å². The third-order valence-corrected chi connectivity index (χ3v) is 6.63. The maximum absolute atomic E-state index is 12.6. The molecule has 2 aliphatic carbocycles. The molecule has 2 bridgehead atoms. The SMILES string of the molecule is CCC(CC)C(=O)O[C@@H]1C[C@@H]2CC[C@H]1C2=C(c1ccccc1)c1ccccc1. The van der Waals surface area contributed by atoms with Gasteiger partial charge in [0.25, 0.3) is 0 Å². The summed E-state index contributed by atoms with van der Waals surface area (Å²) in [5.74, 6) is 0.927. The zero-order valence-corrected chi connectivity index (χ0v) is 16.9. The molecule has 2 saturated carbocycles. The van der Waals surface area contributed by atoms with Gasteiger partial charge in [-0.2, -0.15) is 0 Å². The lowest BCUT2D eigenvalue weighted by atomic mass is 9.88. The molecular weight excluding hydrogens is 344 g/mol. The fourth-order valence-electron chi connectivity index (χ4n) is 5.17. The van der Waals surface area contributed by atoms with E-state index in [1.807, 2.05) is 0 Å². The van der Waals surface area contributed by atoms with Gasteiger partial charge in [0.15, 0.2) is 0 Å². The fraction of sp³-hybridized carbons (Fsp3) is 0.423. The molecule has 4 rings (SSSR count). The zero-order valence-electron chi connectivity index (χ0n) is 16.9. The number of esters is 1. The van der Waals surface area contributed by atoms with Crippen molar-refractivity contribution in [1.82, 2.24) is 0 Å². The van der Waals surface area contributed by atoms with Crippen molar-refractivity contribution in [1.29, 1.82) is 0 Å². The van der Waals surface area contributed by atoms with Crippen LogP contribution in [0.3, 0.4) is 0 Å². The molecule has 0 amide bonds. The molecule has 0 aromatic heterocycles. The highest BCUT2D eigenvalue weighted by molar-refractivity contribution is 5.83. The van der Waals surface area contributed by atoms with E-state index in [9.17, 15) is 4.79 Å². The molecule has 0 radical (unpaired) electrons. The van der Waals surface area contributed by atoms with Crippen LogP contribution in [0.25, 0.3) is 5.57 Å². The van der Waals surface area contributed by atoms with Crippen molar-refractivity contribution >= 4 is 11.5 Å². The van der Waals surface area contributed by atoms with Crippen LogP contribution in [-0.2, 0) is 9.53 Å². The van der Waals surface area contributed by atoms with E-state index in [-0.39, 0.29) is 18.0 Å². The van der Waals surface area contributed by atoms with Crippen molar-refractivity contribution in [3.05, 3.63) is 77.4 Å². The normalized spacial score (nSPS) is 23.2. The average molecular weight is 375 g/mol. The molecule has 0 unspecified atom stereocenters. The first-order valence-corrected chi connectivity index (χ1v) is 10.8. The van der Waals surface area contributed by atoms with Gasteiger partial charge in [-0.1, -0.05) is 80.1 Å². The molecule has 0 N–H and O–H groups in total. The first-order valence-electron chi connectivity index (χ1n) is 10.8. The molecule has 2 fully saturated rings. The lowest BCUT2D eigenvalue weighted by molar-refractivity contribution is -0.156. The highest BCUT2D eigenvalue weighted by atomic mass is 16.5. The van der Waals surface area contributed by atoms with Crippen LogP contribution in [0.5, 0.6) is 0 Å². The minimum atomic E-state index is 0.00266. The minimum absolute atomic E-state index is 0.00266. The van der Waals surface area contributed by atoms with Gasteiger partial charge in [-0.05, 0) is 54.7 Å². The summed E-state index contributed by atoms with van der Waals surface area (Å²) in [5, 5.41) is 0. The first-order chi connectivity index (χ1) is 13.7. The van der Waals surface area contributed by atoms with Crippen molar-refractivity contribution in [2.75, 3.05) is 0 Å². The monoisotopic (exact) mass is 374 g/mol. The van der Waals surface area contributed by atoms with Crippen LogP contribution in [0, 0.1) is 17.8 Å². The van der Waals surface area contributed by atoms with E-state index in [0.717, 1.165) is 25.7 Å². The van der Waals surface area contributed by atoms with Gasteiger partial charge < -0.3 is 4.74 Å². The smallest absolute Gasteiger partial charge is 0.309 e. The van der Waals surface area contributed by atoms with E-state index in [4.69, 9.17) is 4.74 Å². The van der Waals surface area contributed by atoms with Gasteiger partial charge in [0.05, 0.1) is 5.92 Å². The van der Waals surface area contributed by atoms with Crippen LogP contribution in [0.4, 0.5) is 0 Å². The topological polar surface area (TPSA) is 26.3 Å². The molecule has 0 heterocycles. The molecule has 2 aromatic rings. The maximum atomic E-state index is 12.6. The second-order valence-electron chi connectivity index (χ2n) is 8.17. The number of hydrogen-bond acceptors (Lipinski definition) is 2. The van der Waals surface area contributed by atoms with Crippen molar-refractivity contribution < 1.29 is 9.53 Å². The standard InChI is InChI=1S/C26H30O2/c1-3-18(4-2)26(27)28-23-17-21-15-16-22(23)25(21)24(19-11-7-5-8-12-19)20-13-9-6-10-14-20/h5-14,18,21-23H,3-4,15-17H2,1-2H3/t21-,22+,23+/m0/s1. The van der Waals surface area contributed by atoms with E-state index in [2.05, 4.69) is 74.5 Å². The second kappa shape index (κ2) is 8.34. The molecule has 28 heavy (non-hydrogen) atoms. The lowest BCUT2D eigenvalue weighted by Crippen LogP contribution is -2.28. The summed E-state index contributed by atoms with van der Waals surface area (Å²) >= 11 is 0. The number of carbonyl (C=O) groups excluding carboxylic acids is 1. The molecule has 0 spiro atoms. The Morgan fingerprint density at radius 3 is 2.04 bits per heavy atom. The molecule has 0 saturated heterocycles. The number of rotatable bonds is 6. The summed E-state index contributed by atoms with van der Waals surface area (Å²) in [6.07, 6.45) is 5.08. The predicted octanol–water partition coefficient (Wildman–Crippen LogP) is 6.27. The molecule has 2 heteroatoms. The highest BCUT2D eigenvalue weighted by Crippen LogP contribution is 2.54. The van der Waals surface area contributed by atoms with Crippen LogP contribution in [-0.4, -0.2) is 12.1 Å². The average Bonchev–Trinajstić information content (AvgIpc) is 3.28. The first kappa shape index (κ1) is 19.0. The number of hydrogen-bond donors (Lipinski definition) is 0. The number of carbonyl (C=O) groups is 1. The Kier molecular flexibility index (Phi) is 5.66. The Hall–Kier alpha value is -2.35. The minimum Gasteiger partial charge on any atom is -0.461 e. The number of benzene rings is 2. The van der Waals surface area contributed by atoms with Gasteiger partial charge >= 0.3 is 5.97 Å². The summed E-state index contributed by atoms with van der Waals surface area (Å²) in [4.78, 5) is 12.6. The molecule has 0 aliphatic heterocycles. The summed E-state index contributed by atoms with van der Waals surface area (Å²) in [6, 6.07) is 21.4. The summed E-state index contributed by atoms with van der Waals surface area (Å²) < 4.78 is 6.07. The van der Waals surface area contributed by atoms with Crippen molar-refractivity contribution in [3.8, 4) is 0 Å². The van der Waals surface area contributed by atoms with Crippen LogP contribution < -0.4 is 0 Å². The third-order valence-electron chi connectivity index (χ3n) is 6.63. The Balaban J connectivity index is 1.71. The van der Waals surface area contributed by atoms with Gasteiger partial charge in [0.2, 0.25) is 0 Å². The summed E-state index contributed by atoms with van der Waals surface area (Å²) in [7, 11) is 0. The Morgan fingerprint density at radius 1 is 0.929 bits per heavy atom. The summed E-state index contributed by atoms with van der Waals surface area (Å²) in [5.41, 5.74) is 5.41. The Bertz CT molecular complexity index is 792. The predicted molar refractivity (Wildman–Crippen MR) is 114 cm³/mol. The van der Waals surface area contributed by atoms with Gasteiger partial charge in [-0.3, -0.25) is 4.79 Å². The van der Waals surface area contributed by atoms with E-state index < -0.39 is 0 Å². The lowest BCUT2D eigenvalue weighted by Gasteiger charge is -2.24. The van der Waals surface area contributed by atoms with Crippen LogP contribution in [0.2, 0.25) is 0 Å². The van der Waals surface area contributed by atoms with Gasteiger partial charge in [-0.15, -0.1) is 0 Å². The molecule has 3 atom stereocenters. The summed E-state index contributed by atoms with van der Waals surface area (Å²) in [6.45, 7) is 4.15. The quantitative estimate of drug-likeness (QED) is 0.557. The third kappa shape index (κ3) is 3.53. The van der Waals surface area contributed by atoms with Gasteiger partial charge in [-0.25, -0.2) is 0 Å². The Morgan fingerprint density at radius 2 is 1.50 bits per heavy atom. The number of fused-ring (bicyclic) bond motifs is 2. The van der Waals surface area contributed by atoms with Crippen LogP contribution >= 0.6 is 0 Å². The largest absolute Gasteiger partial charge is 0.461 e. The molecule has 2 aliphatic rings.